The van der Waals surface area contributed by atoms with E-state index in [-0.39, 0.29) is 0 Å². The van der Waals surface area contributed by atoms with Crippen LogP contribution in [0.3, 0.4) is 0 Å². The Morgan fingerprint density at radius 2 is 2.10 bits per heavy atom. The van der Waals surface area contributed by atoms with Crippen LogP contribution in [0, 0.1) is 12.3 Å². The van der Waals surface area contributed by atoms with E-state index in [4.69, 9.17) is 6.42 Å². The first-order valence-electron chi connectivity index (χ1n) is 3.49. The van der Waals surface area contributed by atoms with Crippen molar-refractivity contribution < 1.29 is 0 Å². The maximum atomic E-state index is 5.05. The molecule has 0 aromatic heterocycles. The first-order valence-corrected chi connectivity index (χ1v) is 3.49. The zero-order valence-corrected chi connectivity index (χ0v) is 6.72. The molecule has 0 spiro atoms. The van der Waals surface area contributed by atoms with Gasteiger partial charge in [0.15, 0.2) is 0 Å². The molecule has 0 amide bonds. The van der Waals surface area contributed by atoms with Gasteiger partial charge in [0.05, 0.1) is 0 Å². The minimum atomic E-state index is 0.747. The van der Waals surface area contributed by atoms with Crippen molar-refractivity contribution in [1.82, 2.24) is 0 Å². The van der Waals surface area contributed by atoms with Crippen molar-refractivity contribution in [3.63, 3.8) is 0 Å². The number of allylic oxidation sites excluding steroid dienone is 4. The van der Waals surface area contributed by atoms with Crippen LogP contribution in [-0.4, -0.2) is 0 Å². The van der Waals surface area contributed by atoms with Gasteiger partial charge in [-0.2, -0.15) is 0 Å². The second-order valence-corrected chi connectivity index (χ2v) is 2.40. The summed E-state index contributed by atoms with van der Waals surface area (Å²) < 4.78 is 0. The molecule has 10 heavy (non-hydrogen) atoms. The molecule has 0 heteroatoms. The van der Waals surface area contributed by atoms with E-state index in [1.165, 1.54) is 5.57 Å². The summed E-state index contributed by atoms with van der Waals surface area (Å²) >= 11 is 0. The average molecular weight is 134 g/mol. The molecule has 0 fully saturated rings. The molecule has 0 saturated carbocycles. The van der Waals surface area contributed by atoms with Crippen molar-refractivity contribution in [3.8, 4) is 12.3 Å². The van der Waals surface area contributed by atoms with Crippen LogP contribution >= 0.6 is 0 Å². The highest BCUT2D eigenvalue weighted by molar-refractivity contribution is 5.02. The Morgan fingerprint density at radius 1 is 1.40 bits per heavy atom. The standard InChI is InChI=1S/C10H14/c1-4-5-6-7-8-9-10(2)3/h1,6-7,9H,5,8H2,2-3H3/b7-6-. The maximum absolute atomic E-state index is 5.05. The van der Waals surface area contributed by atoms with Crippen molar-refractivity contribution in [2.45, 2.75) is 26.7 Å². The second-order valence-electron chi connectivity index (χ2n) is 2.40. The predicted octanol–water partition coefficient (Wildman–Crippen LogP) is 2.92. The number of terminal acetylenes is 1. The number of rotatable bonds is 3. The molecule has 0 aliphatic carbocycles. The van der Waals surface area contributed by atoms with Crippen molar-refractivity contribution in [2.24, 2.45) is 0 Å². The van der Waals surface area contributed by atoms with Crippen LogP contribution < -0.4 is 0 Å². The Morgan fingerprint density at radius 3 is 2.60 bits per heavy atom. The van der Waals surface area contributed by atoms with E-state index in [1.807, 2.05) is 6.08 Å². The maximum Gasteiger partial charge on any atom is 0.0267 e. The molecule has 0 rings (SSSR count). The molecule has 0 saturated heterocycles. The number of hydrogen-bond donors (Lipinski definition) is 0. The first-order chi connectivity index (χ1) is 4.77. The molecule has 0 aliphatic rings. The highest BCUT2D eigenvalue weighted by Crippen LogP contribution is 1.94. The topological polar surface area (TPSA) is 0 Å². The third-order valence-electron chi connectivity index (χ3n) is 1.06. The van der Waals surface area contributed by atoms with Gasteiger partial charge in [-0.25, -0.2) is 0 Å². The van der Waals surface area contributed by atoms with Gasteiger partial charge in [-0.3, -0.25) is 0 Å². The average Bonchev–Trinajstić information content (AvgIpc) is 1.87. The summed E-state index contributed by atoms with van der Waals surface area (Å²) in [5, 5.41) is 0. The van der Waals surface area contributed by atoms with Gasteiger partial charge in [-0.1, -0.05) is 23.8 Å². The summed E-state index contributed by atoms with van der Waals surface area (Å²) in [6, 6.07) is 0. The third-order valence-corrected chi connectivity index (χ3v) is 1.06. The lowest BCUT2D eigenvalue weighted by molar-refractivity contribution is 1.26. The lowest BCUT2D eigenvalue weighted by Gasteiger charge is -1.84. The van der Waals surface area contributed by atoms with E-state index in [1.54, 1.807) is 0 Å². The summed E-state index contributed by atoms with van der Waals surface area (Å²) in [6.07, 6.45) is 13.1. The zero-order chi connectivity index (χ0) is 7.82. The van der Waals surface area contributed by atoms with Gasteiger partial charge in [0.2, 0.25) is 0 Å². The van der Waals surface area contributed by atoms with Crippen molar-refractivity contribution >= 4 is 0 Å². The molecule has 0 radical (unpaired) electrons. The van der Waals surface area contributed by atoms with E-state index in [0.717, 1.165) is 12.8 Å². The molecule has 0 bridgehead atoms. The summed E-state index contributed by atoms with van der Waals surface area (Å²) in [4.78, 5) is 0. The van der Waals surface area contributed by atoms with Crippen LogP contribution in [0.4, 0.5) is 0 Å². The third kappa shape index (κ3) is 7.04. The normalized spacial score (nSPS) is 9.30. The van der Waals surface area contributed by atoms with Gasteiger partial charge in [-0.15, -0.1) is 12.3 Å². The highest BCUT2D eigenvalue weighted by Gasteiger charge is 1.73. The van der Waals surface area contributed by atoms with Gasteiger partial charge in [0.1, 0.15) is 0 Å². The van der Waals surface area contributed by atoms with Crippen molar-refractivity contribution in [3.05, 3.63) is 23.8 Å². The molecule has 0 unspecified atom stereocenters. The van der Waals surface area contributed by atoms with Crippen molar-refractivity contribution in [1.29, 1.82) is 0 Å². The summed E-state index contributed by atoms with van der Waals surface area (Å²) in [6.45, 7) is 4.18. The van der Waals surface area contributed by atoms with E-state index in [0.29, 0.717) is 0 Å². The molecule has 0 nitrogen and oxygen atoms in total. The largest absolute Gasteiger partial charge is 0.120 e. The molecule has 0 aliphatic heterocycles. The molecule has 0 N–H and O–H groups in total. The fourth-order valence-electron chi connectivity index (χ4n) is 0.551. The first kappa shape index (κ1) is 9.04. The van der Waals surface area contributed by atoms with E-state index >= 15 is 0 Å². The lowest BCUT2D eigenvalue weighted by Crippen LogP contribution is -1.64. The van der Waals surface area contributed by atoms with Crippen LogP contribution in [0.1, 0.15) is 26.7 Å². The summed E-state index contributed by atoms with van der Waals surface area (Å²) in [5.74, 6) is 2.55. The van der Waals surface area contributed by atoms with Gasteiger partial charge in [0, 0.05) is 6.42 Å². The highest BCUT2D eigenvalue weighted by atomic mass is 13.8. The fourth-order valence-corrected chi connectivity index (χ4v) is 0.551. The minimum absolute atomic E-state index is 0.747. The second kappa shape index (κ2) is 6.16. The number of hydrogen-bond acceptors (Lipinski definition) is 0. The van der Waals surface area contributed by atoms with E-state index in [2.05, 4.69) is 31.9 Å². The van der Waals surface area contributed by atoms with Crippen LogP contribution in [-0.2, 0) is 0 Å². The van der Waals surface area contributed by atoms with Gasteiger partial charge in [-0.05, 0) is 20.3 Å². The smallest absolute Gasteiger partial charge is 0.0267 e. The molecule has 54 valence electrons. The fraction of sp³-hybridized carbons (Fsp3) is 0.400. The molecule has 0 heterocycles. The van der Waals surface area contributed by atoms with Crippen LogP contribution in [0.25, 0.3) is 0 Å². The van der Waals surface area contributed by atoms with Gasteiger partial charge < -0.3 is 0 Å². The molecular weight excluding hydrogens is 120 g/mol. The van der Waals surface area contributed by atoms with E-state index < -0.39 is 0 Å². The quantitative estimate of drug-likeness (QED) is 0.411. The van der Waals surface area contributed by atoms with Crippen LogP contribution in [0.2, 0.25) is 0 Å². The molecule has 0 aromatic carbocycles. The minimum Gasteiger partial charge on any atom is -0.120 e. The zero-order valence-electron chi connectivity index (χ0n) is 6.72. The Bertz CT molecular complexity index is 161. The Hall–Kier alpha value is -0.960. The summed E-state index contributed by atoms with van der Waals surface area (Å²) in [5.41, 5.74) is 1.35. The molecular formula is C10H14. The van der Waals surface area contributed by atoms with Gasteiger partial charge in [0.25, 0.3) is 0 Å². The Balaban J connectivity index is 3.38. The van der Waals surface area contributed by atoms with Crippen molar-refractivity contribution in [2.75, 3.05) is 0 Å². The summed E-state index contributed by atoms with van der Waals surface area (Å²) in [7, 11) is 0. The van der Waals surface area contributed by atoms with Crippen LogP contribution in [0.15, 0.2) is 23.8 Å². The Labute approximate surface area is 63.6 Å². The molecule has 0 aromatic rings. The van der Waals surface area contributed by atoms with Crippen LogP contribution in [0.5, 0.6) is 0 Å². The lowest BCUT2D eigenvalue weighted by atomic mass is 10.2. The SMILES string of the molecule is C#CC/C=C\CC=C(C)C. The van der Waals surface area contributed by atoms with E-state index in [9.17, 15) is 0 Å². The predicted molar refractivity (Wildman–Crippen MR) is 46.6 cm³/mol. The Kier molecular flexibility index (Phi) is 5.57. The monoisotopic (exact) mass is 134 g/mol. The molecule has 0 atom stereocenters. The van der Waals surface area contributed by atoms with Gasteiger partial charge >= 0.3 is 0 Å².